The number of alkyl halides is 6. The number of rotatable bonds is 3. The molecule has 1 N–H and O–H groups in total. The van der Waals surface area contributed by atoms with Crippen molar-refractivity contribution in [3.63, 3.8) is 0 Å². The van der Waals surface area contributed by atoms with E-state index in [2.05, 4.69) is 0 Å². The maximum absolute atomic E-state index is 12.3. The first-order chi connectivity index (χ1) is 9.44. The number of amides is 1. The summed E-state index contributed by atoms with van der Waals surface area (Å²) in [5.74, 6) is -6.71. The number of nitro groups is 1. The molecule has 1 aromatic rings. The molecule has 116 valence electrons. The minimum atomic E-state index is -5.87. The molecule has 21 heavy (non-hydrogen) atoms. The zero-order valence-electron chi connectivity index (χ0n) is 9.83. The Labute approximate surface area is 112 Å². The second-order valence-corrected chi connectivity index (χ2v) is 3.78. The molecule has 0 aliphatic heterocycles. The first-order valence-corrected chi connectivity index (χ1v) is 5.12. The number of anilines is 1. The Kier molecular flexibility index (Phi) is 4.44. The highest BCUT2D eigenvalue weighted by Crippen LogP contribution is 2.40. The zero-order chi connectivity index (χ0) is 16.4. The van der Waals surface area contributed by atoms with Crippen LogP contribution in [-0.4, -0.2) is 23.2 Å². The summed E-state index contributed by atoms with van der Waals surface area (Å²) < 4.78 is 73.9. The molecule has 5 nitrogen and oxygen atoms in total. The highest BCUT2D eigenvalue weighted by molar-refractivity contribution is 5.95. The molecule has 0 spiro atoms. The van der Waals surface area contributed by atoms with E-state index >= 15 is 0 Å². The van der Waals surface area contributed by atoms with Gasteiger partial charge < -0.3 is 5.32 Å². The number of hydrogen-bond acceptors (Lipinski definition) is 3. The van der Waals surface area contributed by atoms with Gasteiger partial charge in [-0.1, -0.05) is 12.1 Å². The van der Waals surface area contributed by atoms with Gasteiger partial charge in [0.2, 0.25) is 11.8 Å². The Bertz CT molecular complexity index is 540. The number of nitro benzene ring substituents is 1. The summed E-state index contributed by atoms with van der Waals surface area (Å²) in [4.78, 5) is 20.7. The molecule has 0 saturated heterocycles. The number of halogens is 6. The predicted octanol–water partition coefficient (Wildman–Crippen LogP) is 3.27. The summed E-state index contributed by atoms with van der Waals surface area (Å²) in [6, 6.07) is 3.89. The van der Waals surface area contributed by atoms with Crippen molar-refractivity contribution in [3.8, 4) is 0 Å². The van der Waals surface area contributed by atoms with Gasteiger partial charge in [0.1, 0.15) is 5.69 Å². The van der Waals surface area contributed by atoms with Gasteiger partial charge in [-0.2, -0.15) is 26.3 Å². The van der Waals surface area contributed by atoms with E-state index in [0.29, 0.717) is 0 Å². The van der Waals surface area contributed by atoms with Crippen molar-refractivity contribution in [1.82, 2.24) is 0 Å². The third-order valence-electron chi connectivity index (χ3n) is 2.28. The third-order valence-corrected chi connectivity index (χ3v) is 2.28. The van der Waals surface area contributed by atoms with E-state index in [9.17, 15) is 41.3 Å². The molecule has 1 amide bonds. The molecular weight excluding hydrogens is 310 g/mol. The lowest BCUT2D eigenvalue weighted by Crippen LogP contribution is -2.45. The van der Waals surface area contributed by atoms with E-state index in [-0.39, 0.29) is 0 Å². The Morgan fingerprint density at radius 3 is 2.00 bits per heavy atom. The number of hydrogen-bond donors (Lipinski definition) is 1. The van der Waals surface area contributed by atoms with Gasteiger partial charge in [-0.25, -0.2) is 0 Å². The van der Waals surface area contributed by atoms with Crippen molar-refractivity contribution in [2.75, 3.05) is 5.32 Å². The van der Waals surface area contributed by atoms with Crippen molar-refractivity contribution in [2.45, 2.75) is 12.4 Å². The maximum atomic E-state index is 12.3. The van der Waals surface area contributed by atoms with Gasteiger partial charge in [-0.3, -0.25) is 14.9 Å². The van der Waals surface area contributed by atoms with Crippen LogP contribution in [0.15, 0.2) is 24.3 Å². The number of benzene rings is 1. The molecule has 0 aliphatic rings. The Hall–Kier alpha value is -2.33. The van der Waals surface area contributed by atoms with Crippen LogP contribution in [0.4, 0.5) is 37.7 Å². The van der Waals surface area contributed by atoms with Crippen LogP contribution in [0, 0.1) is 16.0 Å². The number of carbonyl (C=O) groups is 1. The van der Waals surface area contributed by atoms with Crippen LogP contribution in [-0.2, 0) is 4.79 Å². The monoisotopic (exact) mass is 316 g/mol. The Balaban J connectivity index is 3.12. The van der Waals surface area contributed by atoms with Crippen molar-refractivity contribution in [1.29, 1.82) is 0 Å². The molecule has 0 saturated carbocycles. The fourth-order valence-electron chi connectivity index (χ4n) is 1.43. The fraction of sp³-hybridized carbons (Fsp3) is 0.300. The molecule has 0 atom stereocenters. The first-order valence-electron chi connectivity index (χ1n) is 5.12. The maximum Gasteiger partial charge on any atom is 0.409 e. The third kappa shape index (κ3) is 4.07. The average molecular weight is 316 g/mol. The van der Waals surface area contributed by atoms with Crippen LogP contribution < -0.4 is 5.32 Å². The Morgan fingerprint density at radius 2 is 1.57 bits per heavy atom. The van der Waals surface area contributed by atoms with E-state index in [0.717, 1.165) is 24.3 Å². The first kappa shape index (κ1) is 16.7. The SMILES string of the molecule is O=C(Nc1ccccc1[N+](=O)[O-])C(C(F)(F)F)C(F)(F)F. The standard InChI is InChI=1S/C10H6F6N2O3/c11-9(12,13)7(10(14,15)16)8(19)17-5-3-1-2-4-6(5)18(20)21/h1-4,7H,(H,17,19). The summed E-state index contributed by atoms with van der Waals surface area (Å²) in [5, 5.41) is 11.9. The van der Waals surface area contributed by atoms with E-state index in [1.165, 1.54) is 5.32 Å². The minimum absolute atomic E-state index is 0.758. The molecule has 0 radical (unpaired) electrons. The second kappa shape index (κ2) is 5.58. The lowest BCUT2D eigenvalue weighted by Gasteiger charge is -2.21. The van der Waals surface area contributed by atoms with Gasteiger partial charge in [-0.15, -0.1) is 0 Å². The van der Waals surface area contributed by atoms with E-state index < -0.39 is 40.5 Å². The molecule has 0 bridgehead atoms. The lowest BCUT2D eigenvalue weighted by atomic mass is 10.1. The molecule has 1 aromatic carbocycles. The normalized spacial score (nSPS) is 12.3. The van der Waals surface area contributed by atoms with Crippen LogP contribution in [0.2, 0.25) is 0 Å². The predicted molar refractivity (Wildman–Crippen MR) is 57.3 cm³/mol. The average Bonchev–Trinajstić information content (AvgIpc) is 2.24. The molecule has 0 aromatic heterocycles. The molecule has 11 heteroatoms. The number of nitrogens with one attached hydrogen (secondary N) is 1. The van der Waals surface area contributed by atoms with Gasteiger partial charge in [0.05, 0.1) is 4.92 Å². The van der Waals surface area contributed by atoms with E-state index in [1.54, 1.807) is 0 Å². The molecule has 0 fully saturated rings. The van der Waals surface area contributed by atoms with Crippen molar-refractivity contribution in [3.05, 3.63) is 34.4 Å². The van der Waals surface area contributed by atoms with Crippen LogP contribution in [0.25, 0.3) is 0 Å². The summed E-state index contributed by atoms with van der Waals surface area (Å²) in [6.45, 7) is 0. The zero-order valence-corrected chi connectivity index (χ0v) is 9.83. The van der Waals surface area contributed by atoms with Gasteiger partial charge in [0.25, 0.3) is 5.69 Å². The van der Waals surface area contributed by atoms with Crippen LogP contribution in [0.5, 0.6) is 0 Å². The number of nitrogens with zero attached hydrogens (tertiary/aromatic N) is 1. The van der Waals surface area contributed by atoms with Crippen LogP contribution in [0.3, 0.4) is 0 Å². The van der Waals surface area contributed by atoms with Crippen molar-refractivity contribution >= 4 is 17.3 Å². The molecule has 0 unspecified atom stereocenters. The summed E-state index contributed by atoms with van der Waals surface area (Å²) in [6.07, 6.45) is -11.7. The van der Waals surface area contributed by atoms with Crippen LogP contribution in [0.1, 0.15) is 0 Å². The highest BCUT2D eigenvalue weighted by atomic mass is 19.4. The molecule has 0 aliphatic carbocycles. The fourth-order valence-corrected chi connectivity index (χ4v) is 1.43. The second-order valence-electron chi connectivity index (χ2n) is 3.78. The van der Waals surface area contributed by atoms with Gasteiger partial charge in [-0.05, 0) is 6.07 Å². The summed E-state index contributed by atoms with van der Waals surface area (Å²) in [7, 11) is 0. The number of carbonyl (C=O) groups excluding carboxylic acids is 1. The van der Waals surface area contributed by atoms with Gasteiger partial charge in [0.15, 0.2) is 0 Å². The largest absolute Gasteiger partial charge is 0.409 e. The van der Waals surface area contributed by atoms with Crippen LogP contribution >= 0.6 is 0 Å². The minimum Gasteiger partial charge on any atom is -0.320 e. The van der Waals surface area contributed by atoms with Gasteiger partial charge >= 0.3 is 12.4 Å². The smallest absolute Gasteiger partial charge is 0.320 e. The van der Waals surface area contributed by atoms with E-state index in [1.807, 2.05) is 0 Å². The quantitative estimate of drug-likeness (QED) is 0.528. The Morgan fingerprint density at radius 1 is 1.10 bits per heavy atom. The molecule has 1 rings (SSSR count). The van der Waals surface area contributed by atoms with Crippen molar-refractivity contribution in [2.24, 2.45) is 5.92 Å². The van der Waals surface area contributed by atoms with Crippen molar-refractivity contribution < 1.29 is 36.1 Å². The van der Waals surface area contributed by atoms with Gasteiger partial charge in [0, 0.05) is 6.07 Å². The number of para-hydroxylation sites is 2. The lowest BCUT2D eigenvalue weighted by molar-refractivity contribution is -0.384. The molecular formula is C10H6F6N2O3. The highest BCUT2D eigenvalue weighted by Gasteiger charge is 2.61. The summed E-state index contributed by atoms with van der Waals surface area (Å²) >= 11 is 0. The molecule has 0 heterocycles. The summed E-state index contributed by atoms with van der Waals surface area (Å²) in [5.41, 5.74) is -1.58. The van der Waals surface area contributed by atoms with E-state index in [4.69, 9.17) is 0 Å². The topological polar surface area (TPSA) is 72.2 Å².